The predicted octanol–water partition coefficient (Wildman–Crippen LogP) is 1.91. The molecule has 1 N–H and O–H groups in total. The second-order valence-corrected chi connectivity index (χ2v) is 5.42. The number of nitrogens with zero attached hydrogens (tertiary/aromatic N) is 1. The van der Waals surface area contributed by atoms with Gasteiger partial charge < -0.3 is 10.1 Å². The lowest BCUT2D eigenvalue weighted by atomic mass is 9.86. The fourth-order valence-corrected chi connectivity index (χ4v) is 2.74. The summed E-state index contributed by atoms with van der Waals surface area (Å²) in [5.41, 5.74) is 1.39. The van der Waals surface area contributed by atoms with Crippen molar-refractivity contribution in [3.05, 3.63) is 35.9 Å². The highest BCUT2D eigenvalue weighted by Crippen LogP contribution is 2.27. The Hall–Kier alpha value is -2.76. The molecule has 0 radical (unpaired) electrons. The van der Waals surface area contributed by atoms with Gasteiger partial charge in [-0.1, -0.05) is 18.2 Å². The van der Waals surface area contributed by atoms with Gasteiger partial charge in [-0.05, 0) is 25.0 Å². The first kappa shape index (κ1) is 15.1. The van der Waals surface area contributed by atoms with Gasteiger partial charge in [0.15, 0.2) is 5.78 Å². The van der Waals surface area contributed by atoms with E-state index >= 15 is 0 Å². The lowest BCUT2D eigenvalue weighted by molar-refractivity contribution is -0.128. The molecule has 118 valence electrons. The fourth-order valence-electron chi connectivity index (χ4n) is 2.74. The highest BCUT2D eigenvalue weighted by molar-refractivity contribution is 6.29. The van der Waals surface area contributed by atoms with Crippen molar-refractivity contribution in [2.45, 2.75) is 19.3 Å². The number of rotatable bonds is 3. The molecule has 0 saturated heterocycles. The van der Waals surface area contributed by atoms with Crippen LogP contribution >= 0.6 is 0 Å². The molecule has 23 heavy (non-hydrogen) atoms. The van der Waals surface area contributed by atoms with Gasteiger partial charge in [0.1, 0.15) is 11.7 Å². The van der Waals surface area contributed by atoms with Crippen molar-refractivity contribution in [3.63, 3.8) is 0 Å². The van der Waals surface area contributed by atoms with Crippen LogP contribution < -0.4 is 10.1 Å². The van der Waals surface area contributed by atoms with Crippen LogP contribution in [-0.2, 0) is 14.4 Å². The number of aliphatic imine (C=N–C) groups is 1. The van der Waals surface area contributed by atoms with Crippen molar-refractivity contribution in [1.82, 2.24) is 0 Å². The Morgan fingerprint density at radius 2 is 2.04 bits per heavy atom. The van der Waals surface area contributed by atoms with Crippen molar-refractivity contribution in [3.8, 4) is 5.75 Å². The molecule has 2 amide bonds. The highest BCUT2D eigenvalue weighted by Gasteiger charge is 2.34. The number of ether oxygens (including phenoxy) is 1. The molecule has 1 heterocycles. The number of allylic oxidation sites excluding steroid dienone is 1. The van der Waals surface area contributed by atoms with E-state index in [2.05, 4.69) is 10.3 Å². The van der Waals surface area contributed by atoms with Crippen molar-refractivity contribution >= 4 is 29.0 Å². The molecule has 0 bridgehead atoms. The maximum atomic E-state index is 12.4. The Kier molecular flexibility index (Phi) is 4.06. The van der Waals surface area contributed by atoms with Gasteiger partial charge in [0.05, 0.1) is 18.5 Å². The quantitative estimate of drug-likeness (QED) is 0.864. The molecule has 2 aliphatic rings. The predicted molar refractivity (Wildman–Crippen MR) is 84.5 cm³/mol. The Bertz CT molecular complexity index is 749. The fraction of sp³-hybridized carbons (Fsp3) is 0.294. The van der Waals surface area contributed by atoms with Gasteiger partial charge in [0.25, 0.3) is 5.91 Å². The van der Waals surface area contributed by atoms with Crippen molar-refractivity contribution in [2.75, 3.05) is 12.4 Å². The minimum Gasteiger partial charge on any atom is -0.495 e. The number of anilines is 1. The summed E-state index contributed by atoms with van der Waals surface area (Å²) in [5.74, 6) is -1.70. The summed E-state index contributed by atoms with van der Waals surface area (Å²) in [6, 6.07) is 6.91. The number of Topliss-reactive ketones (excluding diaryl/α,β-unsaturated/α-hetero) is 1. The molecule has 1 unspecified atom stereocenters. The van der Waals surface area contributed by atoms with Gasteiger partial charge in [0, 0.05) is 12.0 Å². The van der Waals surface area contributed by atoms with E-state index in [4.69, 9.17) is 4.74 Å². The average Bonchev–Trinajstić information content (AvgIpc) is 2.55. The van der Waals surface area contributed by atoms with E-state index in [9.17, 15) is 14.4 Å². The molecule has 1 saturated carbocycles. The Balaban J connectivity index is 1.84. The number of methoxy groups -OCH3 is 1. The molecule has 0 aromatic heterocycles. The third-order valence-corrected chi connectivity index (χ3v) is 3.92. The molecule has 1 aromatic rings. The molecular formula is C17H16N2O4. The normalized spacial score (nSPS) is 20.3. The molecule has 0 spiro atoms. The van der Waals surface area contributed by atoms with E-state index in [1.807, 2.05) is 0 Å². The second-order valence-electron chi connectivity index (χ2n) is 5.42. The second kappa shape index (κ2) is 6.16. The third-order valence-electron chi connectivity index (χ3n) is 3.92. The summed E-state index contributed by atoms with van der Waals surface area (Å²) in [6.45, 7) is 0. The maximum absolute atomic E-state index is 12.4. The van der Waals surface area contributed by atoms with E-state index in [0.29, 0.717) is 42.0 Å². The van der Waals surface area contributed by atoms with Gasteiger partial charge in [0.2, 0.25) is 5.91 Å². The van der Waals surface area contributed by atoms with Crippen LogP contribution in [0, 0.1) is 5.92 Å². The van der Waals surface area contributed by atoms with Gasteiger partial charge in [-0.2, -0.15) is 0 Å². The van der Waals surface area contributed by atoms with E-state index < -0.39 is 17.7 Å². The number of dihydropyridines is 1. The van der Waals surface area contributed by atoms with E-state index in [0.717, 1.165) is 0 Å². The van der Waals surface area contributed by atoms with Crippen LogP contribution in [0.5, 0.6) is 5.75 Å². The van der Waals surface area contributed by atoms with E-state index in [1.54, 1.807) is 24.3 Å². The van der Waals surface area contributed by atoms with Crippen LogP contribution in [0.3, 0.4) is 0 Å². The van der Waals surface area contributed by atoms with Crippen LogP contribution in [0.4, 0.5) is 5.69 Å². The smallest absolute Gasteiger partial charge is 0.262 e. The number of fused-ring (bicyclic) bond motifs is 1. The van der Waals surface area contributed by atoms with Crippen LogP contribution in [-0.4, -0.2) is 30.4 Å². The third kappa shape index (κ3) is 2.92. The number of hydrogen-bond donors (Lipinski definition) is 1. The zero-order chi connectivity index (χ0) is 16.4. The monoisotopic (exact) mass is 312 g/mol. The summed E-state index contributed by atoms with van der Waals surface area (Å²) >= 11 is 0. The Morgan fingerprint density at radius 1 is 1.26 bits per heavy atom. The standard InChI is InChI=1S/C17H16N2O4/c1-23-15-8-3-2-5-13(15)19-17(22)11-9-10-12(18-16(11)21)6-4-7-14(10)20/h2-3,5,8-9,11H,4,6-7H2,1H3,(H,19,22). The molecule has 1 atom stereocenters. The SMILES string of the molecule is COc1ccccc1NC(=O)C1C=C2C(=O)CCCC2=NC1=O. The number of amides is 2. The zero-order valence-electron chi connectivity index (χ0n) is 12.7. The van der Waals surface area contributed by atoms with Gasteiger partial charge in [-0.3, -0.25) is 14.4 Å². The number of hydrogen-bond acceptors (Lipinski definition) is 4. The van der Waals surface area contributed by atoms with E-state index in [-0.39, 0.29) is 5.78 Å². The first-order valence-corrected chi connectivity index (χ1v) is 7.41. The minimum atomic E-state index is -1.08. The van der Waals surface area contributed by atoms with Crippen molar-refractivity contribution < 1.29 is 19.1 Å². The van der Waals surface area contributed by atoms with Crippen molar-refractivity contribution in [1.29, 1.82) is 0 Å². The van der Waals surface area contributed by atoms with Gasteiger partial charge in [-0.25, -0.2) is 4.99 Å². The summed E-state index contributed by atoms with van der Waals surface area (Å²) in [4.78, 5) is 40.4. The first-order valence-electron chi connectivity index (χ1n) is 7.41. The number of carbonyl (C=O) groups excluding carboxylic acids is 3. The van der Waals surface area contributed by atoms with Gasteiger partial charge >= 0.3 is 0 Å². The van der Waals surface area contributed by atoms with Crippen LogP contribution in [0.1, 0.15) is 19.3 Å². The Morgan fingerprint density at radius 3 is 2.83 bits per heavy atom. The van der Waals surface area contributed by atoms with E-state index in [1.165, 1.54) is 13.2 Å². The molecule has 1 aromatic carbocycles. The maximum Gasteiger partial charge on any atom is 0.262 e. The topological polar surface area (TPSA) is 84.8 Å². The van der Waals surface area contributed by atoms with Crippen molar-refractivity contribution in [2.24, 2.45) is 10.9 Å². The van der Waals surface area contributed by atoms with Crippen LogP contribution in [0.2, 0.25) is 0 Å². The van der Waals surface area contributed by atoms with Crippen LogP contribution in [0.15, 0.2) is 40.9 Å². The molecule has 3 rings (SSSR count). The summed E-state index contributed by atoms with van der Waals surface area (Å²) in [7, 11) is 1.50. The molecule has 6 heteroatoms. The highest BCUT2D eigenvalue weighted by atomic mass is 16.5. The van der Waals surface area contributed by atoms with Gasteiger partial charge in [-0.15, -0.1) is 0 Å². The summed E-state index contributed by atoms with van der Waals surface area (Å²) in [6.07, 6.45) is 3.17. The summed E-state index contributed by atoms with van der Waals surface area (Å²) < 4.78 is 5.17. The molecule has 6 nitrogen and oxygen atoms in total. The Labute approximate surface area is 133 Å². The number of nitrogens with one attached hydrogen (secondary N) is 1. The average molecular weight is 312 g/mol. The lowest BCUT2D eigenvalue weighted by Crippen LogP contribution is -2.34. The first-order chi connectivity index (χ1) is 11.1. The molecular weight excluding hydrogens is 296 g/mol. The number of benzene rings is 1. The molecule has 1 fully saturated rings. The lowest BCUT2D eigenvalue weighted by Gasteiger charge is -2.22. The number of carbonyl (C=O) groups is 3. The number of ketones is 1. The van der Waals surface area contributed by atoms with Crippen LogP contribution in [0.25, 0.3) is 0 Å². The summed E-state index contributed by atoms with van der Waals surface area (Å²) in [5, 5.41) is 2.66. The number of para-hydroxylation sites is 2. The minimum absolute atomic E-state index is 0.0578. The molecule has 1 aliphatic carbocycles. The zero-order valence-corrected chi connectivity index (χ0v) is 12.7. The largest absolute Gasteiger partial charge is 0.495 e. The molecule has 1 aliphatic heterocycles.